The number of benzene rings is 1. The van der Waals surface area contributed by atoms with Crippen LogP contribution in [0, 0.1) is 6.92 Å². The largest absolute Gasteiger partial charge is 0.479 e. The third kappa shape index (κ3) is 3.23. The number of rotatable bonds is 3. The van der Waals surface area contributed by atoms with Gasteiger partial charge in [-0.05, 0) is 37.6 Å². The van der Waals surface area contributed by atoms with Crippen LogP contribution in [-0.2, 0) is 9.53 Å². The first-order chi connectivity index (χ1) is 7.04. The molecule has 15 heavy (non-hydrogen) atoms. The van der Waals surface area contributed by atoms with Gasteiger partial charge in [-0.1, -0.05) is 15.9 Å². The van der Waals surface area contributed by atoms with E-state index in [0.29, 0.717) is 5.75 Å². The van der Waals surface area contributed by atoms with Gasteiger partial charge in [-0.2, -0.15) is 0 Å². The highest BCUT2D eigenvalue weighted by atomic mass is 79.9. The summed E-state index contributed by atoms with van der Waals surface area (Å²) in [5.41, 5.74) is 1.06. The molecule has 0 saturated heterocycles. The lowest BCUT2D eigenvalue weighted by Crippen LogP contribution is -2.24. The molecule has 0 spiro atoms. The number of carbonyl (C=O) groups excluding carboxylic acids is 1. The number of hydrogen-bond acceptors (Lipinski definition) is 3. The van der Waals surface area contributed by atoms with E-state index >= 15 is 0 Å². The third-order valence-electron chi connectivity index (χ3n) is 1.98. The lowest BCUT2D eigenvalue weighted by molar-refractivity contribution is -0.147. The molecule has 3 nitrogen and oxygen atoms in total. The van der Waals surface area contributed by atoms with Gasteiger partial charge in [0.05, 0.1) is 7.11 Å². The molecule has 0 radical (unpaired) electrons. The van der Waals surface area contributed by atoms with Gasteiger partial charge in [-0.3, -0.25) is 0 Å². The van der Waals surface area contributed by atoms with Crippen LogP contribution in [-0.4, -0.2) is 19.2 Å². The first kappa shape index (κ1) is 12.0. The molecule has 0 heterocycles. The molecule has 0 aromatic heterocycles. The second-order valence-electron chi connectivity index (χ2n) is 3.19. The first-order valence-electron chi connectivity index (χ1n) is 4.55. The van der Waals surface area contributed by atoms with Crippen LogP contribution in [0.15, 0.2) is 22.7 Å². The van der Waals surface area contributed by atoms with Crippen molar-refractivity contribution < 1.29 is 14.3 Å². The molecule has 0 aliphatic carbocycles. The zero-order valence-electron chi connectivity index (χ0n) is 8.91. The third-order valence-corrected chi connectivity index (χ3v) is 2.87. The van der Waals surface area contributed by atoms with Gasteiger partial charge in [0.25, 0.3) is 0 Å². The fourth-order valence-corrected chi connectivity index (χ4v) is 1.36. The fraction of sp³-hybridized carbons (Fsp3) is 0.364. The zero-order valence-corrected chi connectivity index (χ0v) is 10.5. The molecule has 0 aliphatic heterocycles. The standard InChI is InChI=1S/C11H13BrO3/c1-7-6-9(4-5-10(7)12)15-8(2)11(13)14-3/h4-6,8H,1-3H3/t8-/m0/s1. The summed E-state index contributed by atoms with van der Waals surface area (Å²) in [6.07, 6.45) is -0.587. The SMILES string of the molecule is COC(=O)[C@H](C)Oc1ccc(Br)c(C)c1. The molecule has 1 aromatic rings. The minimum absolute atomic E-state index is 0.379. The molecule has 0 N–H and O–H groups in total. The normalized spacial score (nSPS) is 12.0. The van der Waals surface area contributed by atoms with Crippen LogP contribution in [0.1, 0.15) is 12.5 Å². The maximum Gasteiger partial charge on any atom is 0.346 e. The highest BCUT2D eigenvalue weighted by molar-refractivity contribution is 9.10. The lowest BCUT2D eigenvalue weighted by atomic mass is 10.2. The number of ether oxygens (including phenoxy) is 2. The minimum Gasteiger partial charge on any atom is -0.479 e. The summed E-state index contributed by atoms with van der Waals surface area (Å²) in [5, 5.41) is 0. The Morgan fingerprint density at radius 3 is 2.67 bits per heavy atom. The number of esters is 1. The van der Waals surface area contributed by atoms with Gasteiger partial charge in [0, 0.05) is 4.47 Å². The van der Waals surface area contributed by atoms with Crippen LogP contribution in [0.2, 0.25) is 0 Å². The number of halogens is 1. The van der Waals surface area contributed by atoms with E-state index in [-0.39, 0.29) is 5.97 Å². The zero-order chi connectivity index (χ0) is 11.4. The Balaban J connectivity index is 2.73. The quantitative estimate of drug-likeness (QED) is 0.794. The summed E-state index contributed by atoms with van der Waals surface area (Å²) in [6, 6.07) is 5.55. The Bertz CT molecular complexity index is 363. The van der Waals surface area contributed by atoms with Gasteiger partial charge in [0.2, 0.25) is 0 Å². The molecule has 0 saturated carbocycles. The van der Waals surface area contributed by atoms with Crippen molar-refractivity contribution in [2.75, 3.05) is 7.11 Å². The van der Waals surface area contributed by atoms with E-state index in [1.54, 1.807) is 13.0 Å². The van der Waals surface area contributed by atoms with Crippen LogP contribution in [0.4, 0.5) is 0 Å². The minimum atomic E-state index is -0.587. The highest BCUT2D eigenvalue weighted by Crippen LogP contribution is 2.22. The predicted molar refractivity (Wildman–Crippen MR) is 61.0 cm³/mol. The number of carbonyl (C=O) groups is 1. The van der Waals surface area contributed by atoms with Crippen LogP contribution >= 0.6 is 15.9 Å². The summed E-state index contributed by atoms with van der Waals surface area (Å²) in [4.78, 5) is 11.1. The Morgan fingerprint density at radius 1 is 1.47 bits per heavy atom. The van der Waals surface area contributed by atoms with Crippen molar-refractivity contribution >= 4 is 21.9 Å². The molecule has 4 heteroatoms. The summed E-state index contributed by atoms with van der Waals surface area (Å²) in [7, 11) is 1.34. The molecule has 0 fully saturated rings. The van der Waals surface area contributed by atoms with Crippen molar-refractivity contribution in [3.63, 3.8) is 0 Å². The van der Waals surface area contributed by atoms with Crippen molar-refractivity contribution in [2.45, 2.75) is 20.0 Å². The van der Waals surface area contributed by atoms with E-state index in [2.05, 4.69) is 20.7 Å². The molecule has 1 aromatic carbocycles. The van der Waals surface area contributed by atoms with Crippen molar-refractivity contribution in [2.24, 2.45) is 0 Å². The van der Waals surface area contributed by atoms with E-state index in [1.807, 2.05) is 19.1 Å². The highest BCUT2D eigenvalue weighted by Gasteiger charge is 2.14. The van der Waals surface area contributed by atoms with Crippen LogP contribution in [0.25, 0.3) is 0 Å². The van der Waals surface area contributed by atoms with Gasteiger partial charge < -0.3 is 9.47 Å². The van der Waals surface area contributed by atoms with Gasteiger partial charge >= 0.3 is 5.97 Å². The van der Waals surface area contributed by atoms with E-state index in [0.717, 1.165) is 10.0 Å². The van der Waals surface area contributed by atoms with E-state index < -0.39 is 6.10 Å². The topological polar surface area (TPSA) is 35.5 Å². The summed E-state index contributed by atoms with van der Waals surface area (Å²) >= 11 is 3.39. The van der Waals surface area contributed by atoms with Gasteiger partial charge in [0.15, 0.2) is 6.10 Å². The molecular weight excluding hydrogens is 260 g/mol. The second kappa shape index (κ2) is 5.16. The van der Waals surface area contributed by atoms with Gasteiger partial charge in [-0.15, -0.1) is 0 Å². The van der Waals surface area contributed by atoms with Crippen LogP contribution < -0.4 is 4.74 Å². The average molecular weight is 273 g/mol. The monoisotopic (exact) mass is 272 g/mol. The van der Waals surface area contributed by atoms with Crippen LogP contribution in [0.3, 0.4) is 0 Å². The van der Waals surface area contributed by atoms with Crippen LogP contribution in [0.5, 0.6) is 5.75 Å². The number of aryl methyl sites for hydroxylation is 1. The Kier molecular flexibility index (Phi) is 4.15. The van der Waals surface area contributed by atoms with Gasteiger partial charge in [0.1, 0.15) is 5.75 Å². The molecule has 1 atom stereocenters. The van der Waals surface area contributed by atoms with Crippen molar-refractivity contribution in [1.82, 2.24) is 0 Å². The van der Waals surface area contributed by atoms with Gasteiger partial charge in [-0.25, -0.2) is 4.79 Å². The van der Waals surface area contributed by atoms with E-state index in [4.69, 9.17) is 4.74 Å². The van der Waals surface area contributed by atoms with E-state index in [1.165, 1.54) is 7.11 Å². The summed E-state index contributed by atoms with van der Waals surface area (Å²) in [5.74, 6) is 0.282. The fourth-order valence-electron chi connectivity index (χ4n) is 1.11. The maximum atomic E-state index is 11.1. The lowest BCUT2D eigenvalue weighted by Gasteiger charge is -2.13. The van der Waals surface area contributed by atoms with Crippen molar-refractivity contribution in [3.8, 4) is 5.75 Å². The second-order valence-corrected chi connectivity index (χ2v) is 4.05. The molecule has 82 valence electrons. The number of methoxy groups -OCH3 is 1. The molecule has 0 bridgehead atoms. The molecule has 0 amide bonds. The van der Waals surface area contributed by atoms with Crippen molar-refractivity contribution in [1.29, 1.82) is 0 Å². The molecule has 0 unspecified atom stereocenters. The Labute approximate surface area is 97.5 Å². The predicted octanol–water partition coefficient (Wildman–Crippen LogP) is 2.70. The smallest absolute Gasteiger partial charge is 0.346 e. The first-order valence-corrected chi connectivity index (χ1v) is 5.34. The maximum absolute atomic E-state index is 11.1. The van der Waals surface area contributed by atoms with Crippen molar-refractivity contribution in [3.05, 3.63) is 28.2 Å². The summed E-state index contributed by atoms with van der Waals surface area (Å²) < 4.78 is 11.0. The molecular formula is C11H13BrO3. The average Bonchev–Trinajstić information content (AvgIpc) is 2.22. The number of hydrogen-bond donors (Lipinski definition) is 0. The summed E-state index contributed by atoms with van der Waals surface area (Å²) in [6.45, 7) is 3.61. The molecule has 1 rings (SSSR count). The Morgan fingerprint density at radius 2 is 2.13 bits per heavy atom. The Hall–Kier alpha value is -1.03. The molecule has 0 aliphatic rings. The van der Waals surface area contributed by atoms with E-state index in [9.17, 15) is 4.79 Å².